The first-order valence-corrected chi connectivity index (χ1v) is 4.75. The summed E-state index contributed by atoms with van der Waals surface area (Å²) in [4.78, 5) is 0. The number of nitriles is 1. The van der Waals surface area contributed by atoms with Crippen molar-refractivity contribution in [1.82, 2.24) is 0 Å². The van der Waals surface area contributed by atoms with E-state index in [1.807, 2.05) is 12.1 Å². The third-order valence-corrected chi connectivity index (χ3v) is 2.55. The van der Waals surface area contributed by atoms with Crippen LogP contribution in [0.25, 0.3) is 0 Å². The molecule has 0 atom stereocenters. The molecule has 3 nitrogen and oxygen atoms in total. The van der Waals surface area contributed by atoms with Crippen molar-refractivity contribution in [2.24, 2.45) is 5.73 Å². The van der Waals surface area contributed by atoms with Gasteiger partial charge in [-0.05, 0) is 37.1 Å². The zero-order valence-corrected chi connectivity index (χ0v) is 7.96. The summed E-state index contributed by atoms with van der Waals surface area (Å²) in [5, 5.41) is 11.9. The van der Waals surface area contributed by atoms with E-state index in [4.69, 9.17) is 11.0 Å². The van der Waals surface area contributed by atoms with E-state index in [1.165, 1.54) is 0 Å². The number of nitrogens with two attached hydrogens (primary N) is 1. The van der Waals surface area contributed by atoms with Gasteiger partial charge < -0.3 is 11.1 Å². The fourth-order valence-corrected chi connectivity index (χ4v) is 1.28. The maximum absolute atomic E-state index is 8.61. The first kappa shape index (κ1) is 9.04. The molecule has 3 N–H and O–H groups in total. The first-order valence-electron chi connectivity index (χ1n) is 4.75. The van der Waals surface area contributed by atoms with Gasteiger partial charge in [-0.25, -0.2) is 0 Å². The van der Waals surface area contributed by atoms with E-state index in [0.29, 0.717) is 5.56 Å². The molecule has 72 valence electrons. The zero-order chi connectivity index (χ0) is 10.0. The molecular weight excluding hydrogens is 174 g/mol. The van der Waals surface area contributed by atoms with Gasteiger partial charge >= 0.3 is 0 Å². The van der Waals surface area contributed by atoms with Crippen LogP contribution < -0.4 is 11.1 Å². The standard InChI is InChI=1S/C11H13N3/c12-7-9-1-3-10(4-2-9)14-8-11(13)5-6-11/h1-4,14H,5-6,8,13H2. The van der Waals surface area contributed by atoms with Gasteiger partial charge in [-0.3, -0.25) is 0 Å². The van der Waals surface area contributed by atoms with E-state index in [0.717, 1.165) is 25.1 Å². The van der Waals surface area contributed by atoms with E-state index < -0.39 is 0 Å². The van der Waals surface area contributed by atoms with Crippen LogP contribution in [-0.4, -0.2) is 12.1 Å². The number of hydrogen-bond donors (Lipinski definition) is 2. The number of rotatable bonds is 3. The lowest BCUT2D eigenvalue weighted by Crippen LogP contribution is -2.30. The van der Waals surface area contributed by atoms with Crippen molar-refractivity contribution >= 4 is 5.69 Å². The Labute approximate surface area is 83.5 Å². The summed E-state index contributed by atoms with van der Waals surface area (Å²) in [5.41, 5.74) is 7.67. The second kappa shape index (κ2) is 3.32. The predicted octanol–water partition coefficient (Wildman–Crippen LogP) is 1.46. The summed E-state index contributed by atoms with van der Waals surface area (Å²) in [6, 6.07) is 9.51. The van der Waals surface area contributed by atoms with E-state index >= 15 is 0 Å². The van der Waals surface area contributed by atoms with Crippen LogP contribution in [0.1, 0.15) is 18.4 Å². The van der Waals surface area contributed by atoms with E-state index in [9.17, 15) is 0 Å². The average Bonchev–Trinajstić information content (AvgIpc) is 2.95. The normalized spacial score (nSPS) is 17.1. The number of anilines is 1. The van der Waals surface area contributed by atoms with Gasteiger partial charge in [0, 0.05) is 17.8 Å². The molecule has 1 aromatic carbocycles. The molecular formula is C11H13N3. The highest BCUT2D eigenvalue weighted by Gasteiger charge is 2.37. The molecule has 1 aliphatic carbocycles. The molecule has 0 unspecified atom stereocenters. The van der Waals surface area contributed by atoms with Crippen LogP contribution in [0.15, 0.2) is 24.3 Å². The van der Waals surface area contributed by atoms with Crippen molar-refractivity contribution in [3.05, 3.63) is 29.8 Å². The smallest absolute Gasteiger partial charge is 0.0991 e. The molecule has 0 heterocycles. The molecule has 0 radical (unpaired) electrons. The van der Waals surface area contributed by atoms with Gasteiger partial charge in [-0.2, -0.15) is 5.26 Å². The Kier molecular flexibility index (Phi) is 2.14. The van der Waals surface area contributed by atoms with Crippen molar-refractivity contribution < 1.29 is 0 Å². The third-order valence-electron chi connectivity index (χ3n) is 2.55. The van der Waals surface area contributed by atoms with Gasteiger partial charge in [0.05, 0.1) is 11.6 Å². The summed E-state index contributed by atoms with van der Waals surface area (Å²) in [5.74, 6) is 0. The highest BCUT2D eigenvalue weighted by Crippen LogP contribution is 2.32. The molecule has 0 aromatic heterocycles. The molecule has 0 bridgehead atoms. The van der Waals surface area contributed by atoms with Gasteiger partial charge in [-0.15, -0.1) is 0 Å². The first-order chi connectivity index (χ1) is 6.72. The van der Waals surface area contributed by atoms with Gasteiger partial charge in [0.25, 0.3) is 0 Å². The summed E-state index contributed by atoms with van der Waals surface area (Å²) in [7, 11) is 0. The molecule has 2 rings (SSSR count). The summed E-state index contributed by atoms with van der Waals surface area (Å²) < 4.78 is 0. The Hall–Kier alpha value is -1.53. The second-order valence-electron chi connectivity index (χ2n) is 3.91. The number of hydrogen-bond acceptors (Lipinski definition) is 3. The van der Waals surface area contributed by atoms with Gasteiger partial charge in [-0.1, -0.05) is 0 Å². The molecule has 1 fully saturated rings. The van der Waals surface area contributed by atoms with Crippen LogP contribution in [0.4, 0.5) is 5.69 Å². The fraction of sp³-hybridized carbons (Fsp3) is 0.364. The zero-order valence-electron chi connectivity index (χ0n) is 7.96. The topological polar surface area (TPSA) is 61.8 Å². The highest BCUT2D eigenvalue weighted by atomic mass is 15.0. The maximum atomic E-state index is 8.61. The molecule has 0 amide bonds. The molecule has 1 aromatic rings. The maximum Gasteiger partial charge on any atom is 0.0991 e. The SMILES string of the molecule is N#Cc1ccc(NCC2(N)CC2)cc1. The largest absolute Gasteiger partial charge is 0.383 e. The molecule has 0 spiro atoms. The van der Waals surface area contributed by atoms with Crippen LogP contribution in [0.5, 0.6) is 0 Å². The predicted molar refractivity (Wildman–Crippen MR) is 55.8 cm³/mol. The minimum atomic E-state index is 0.0217. The van der Waals surface area contributed by atoms with E-state index in [-0.39, 0.29) is 5.54 Å². The fourth-order valence-electron chi connectivity index (χ4n) is 1.28. The van der Waals surface area contributed by atoms with E-state index in [1.54, 1.807) is 12.1 Å². The Morgan fingerprint density at radius 3 is 2.50 bits per heavy atom. The Morgan fingerprint density at radius 1 is 1.36 bits per heavy atom. The Balaban J connectivity index is 1.94. The van der Waals surface area contributed by atoms with Crippen molar-refractivity contribution in [2.45, 2.75) is 18.4 Å². The molecule has 1 aliphatic rings. The lowest BCUT2D eigenvalue weighted by atomic mass is 10.2. The molecule has 0 aliphatic heterocycles. The van der Waals surface area contributed by atoms with Gasteiger partial charge in [0.2, 0.25) is 0 Å². The van der Waals surface area contributed by atoms with E-state index in [2.05, 4.69) is 11.4 Å². The van der Waals surface area contributed by atoms with Gasteiger partial charge in [0.15, 0.2) is 0 Å². The second-order valence-corrected chi connectivity index (χ2v) is 3.91. The van der Waals surface area contributed by atoms with Crippen molar-refractivity contribution in [3.63, 3.8) is 0 Å². The number of benzene rings is 1. The van der Waals surface area contributed by atoms with Crippen molar-refractivity contribution in [1.29, 1.82) is 5.26 Å². The van der Waals surface area contributed by atoms with Crippen molar-refractivity contribution in [2.75, 3.05) is 11.9 Å². The quantitative estimate of drug-likeness (QED) is 0.753. The summed E-state index contributed by atoms with van der Waals surface area (Å²) in [6.45, 7) is 0.818. The lowest BCUT2D eigenvalue weighted by Gasteiger charge is -2.11. The minimum Gasteiger partial charge on any atom is -0.383 e. The summed E-state index contributed by atoms with van der Waals surface area (Å²) >= 11 is 0. The highest BCUT2D eigenvalue weighted by molar-refractivity contribution is 5.47. The Morgan fingerprint density at radius 2 is 2.00 bits per heavy atom. The third kappa shape index (κ3) is 2.04. The molecule has 0 saturated heterocycles. The minimum absolute atomic E-state index is 0.0217. The molecule has 14 heavy (non-hydrogen) atoms. The van der Waals surface area contributed by atoms with Gasteiger partial charge in [0.1, 0.15) is 0 Å². The molecule has 3 heteroatoms. The van der Waals surface area contributed by atoms with Crippen LogP contribution >= 0.6 is 0 Å². The van der Waals surface area contributed by atoms with Crippen LogP contribution in [0, 0.1) is 11.3 Å². The Bertz CT molecular complexity index is 357. The van der Waals surface area contributed by atoms with Crippen LogP contribution in [-0.2, 0) is 0 Å². The van der Waals surface area contributed by atoms with Crippen molar-refractivity contribution in [3.8, 4) is 6.07 Å². The molecule has 1 saturated carbocycles. The number of nitrogens with one attached hydrogen (secondary N) is 1. The van der Waals surface area contributed by atoms with Crippen LogP contribution in [0.2, 0.25) is 0 Å². The number of nitrogens with zero attached hydrogens (tertiary/aromatic N) is 1. The van der Waals surface area contributed by atoms with Crippen LogP contribution in [0.3, 0.4) is 0 Å². The average molecular weight is 187 g/mol. The summed E-state index contributed by atoms with van der Waals surface area (Å²) in [6.07, 6.45) is 2.21. The monoisotopic (exact) mass is 187 g/mol. The lowest BCUT2D eigenvalue weighted by molar-refractivity contribution is 0.713.